The van der Waals surface area contributed by atoms with Gasteiger partial charge in [-0.3, -0.25) is 4.79 Å². The fourth-order valence-electron chi connectivity index (χ4n) is 0.878. The normalized spacial score (nSPS) is 9.64. The number of hydrogen-bond acceptors (Lipinski definition) is 5. The lowest BCUT2D eigenvalue weighted by Gasteiger charge is -2.18. The molecule has 14 heavy (non-hydrogen) atoms. The molecule has 2 N–H and O–H groups in total. The first-order chi connectivity index (χ1) is 6.67. The van der Waals surface area contributed by atoms with Gasteiger partial charge in [0.05, 0.1) is 19.8 Å². The van der Waals surface area contributed by atoms with Crippen LogP contribution in [-0.4, -0.2) is 59.9 Å². The smallest absolute Gasteiger partial charge is 0.397 e. The third-order valence-corrected chi connectivity index (χ3v) is 1.48. The Bertz CT molecular complexity index is 188. The van der Waals surface area contributed by atoms with Gasteiger partial charge < -0.3 is 19.8 Å². The molecule has 0 aliphatic rings. The van der Waals surface area contributed by atoms with Crippen molar-refractivity contribution in [3.8, 4) is 0 Å². The van der Waals surface area contributed by atoms with Crippen molar-refractivity contribution in [3.63, 3.8) is 0 Å². The Morgan fingerprint density at radius 1 is 1.21 bits per heavy atom. The first-order valence-corrected chi connectivity index (χ1v) is 4.35. The van der Waals surface area contributed by atoms with E-state index in [-0.39, 0.29) is 32.9 Å². The van der Waals surface area contributed by atoms with Gasteiger partial charge in [-0.05, 0) is 6.92 Å². The molecule has 0 aromatic heterocycles. The number of aliphatic hydroxyl groups is 2. The van der Waals surface area contributed by atoms with E-state index < -0.39 is 11.9 Å². The lowest BCUT2D eigenvalue weighted by molar-refractivity contribution is -0.160. The summed E-state index contributed by atoms with van der Waals surface area (Å²) in [6.07, 6.45) is 0. The van der Waals surface area contributed by atoms with Crippen LogP contribution in [0.3, 0.4) is 0 Å². The number of rotatable bonds is 5. The third-order valence-electron chi connectivity index (χ3n) is 1.48. The summed E-state index contributed by atoms with van der Waals surface area (Å²) in [4.78, 5) is 23.2. The minimum atomic E-state index is -0.964. The molecule has 0 unspecified atom stereocenters. The lowest BCUT2D eigenvalue weighted by Crippen LogP contribution is -2.41. The van der Waals surface area contributed by atoms with Crippen LogP contribution in [0.1, 0.15) is 6.92 Å². The maximum Gasteiger partial charge on any atom is 0.397 e. The summed E-state index contributed by atoms with van der Waals surface area (Å²) in [5.74, 6) is -1.80. The van der Waals surface area contributed by atoms with Crippen molar-refractivity contribution < 1.29 is 24.5 Å². The van der Waals surface area contributed by atoms with E-state index in [4.69, 9.17) is 10.2 Å². The predicted octanol–water partition coefficient (Wildman–Crippen LogP) is -1.64. The SMILES string of the molecule is CCOC(=O)C(=O)N(CCO)CCO. The molecule has 6 nitrogen and oxygen atoms in total. The summed E-state index contributed by atoms with van der Waals surface area (Å²) in [7, 11) is 0. The molecule has 0 fully saturated rings. The van der Waals surface area contributed by atoms with Crippen molar-refractivity contribution in [2.75, 3.05) is 32.9 Å². The highest BCUT2D eigenvalue weighted by Crippen LogP contribution is 1.92. The van der Waals surface area contributed by atoms with Crippen molar-refractivity contribution in [2.45, 2.75) is 6.92 Å². The Morgan fingerprint density at radius 2 is 1.71 bits per heavy atom. The van der Waals surface area contributed by atoms with Crippen LogP contribution in [0.2, 0.25) is 0 Å². The van der Waals surface area contributed by atoms with Gasteiger partial charge in [0.2, 0.25) is 0 Å². The van der Waals surface area contributed by atoms with Crippen LogP contribution in [-0.2, 0) is 14.3 Å². The predicted molar refractivity (Wildman–Crippen MR) is 47.4 cm³/mol. The van der Waals surface area contributed by atoms with Gasteiger partial charge in [0, 0.05) is 13.1 Å². The van der Waals surface area contributed by atoms with Crippen molar-refractivity contribution in [1.29, 1.82) is 0 Å². The van der Waals surface area contributed by atoms with E-state index in [0.717, 1.165) is 4.90 Å². The van der Waals surface area contributed by atoms with Crippen molar-refractivity contribution >= 4 is 11.9 Å². The van der Waals surface area contributed by atoms with Crippen molar-refractivity contribution in [2.24, 2.45) is 0 Å². The average Bonchev–Trinajstić information content (AvgIpc) is 2.17. The molecule has 0 aromatic rings. The van der Waals surface area contributed by atoms with E-state index in [1.807, 2.05) is 0 Å². The molecule has 0 bridgehead atoms. The number of aliphatic hydroxyl groups excluding tert-OH is 2. The molecule has 0 saturated heterocycles. The zero-order valence-electron chi connectivity index (χ0n) is 8.10. The highest BCUT2D eigenvalue weighted by molar-refractivity contribution is 6.32. The van der Waals surface area contributed by atoms with Gasteiger partial charge in [0.15, 0.2) is 0 Å². The molecule has 0 atom stereocenters. The van der Waals surface area contributed by atoms with Crippen molar-refractivity contribution in [3.05, 3.63) is 0 Å². The second kappa shape index (κ2) is 7.28. The van der Waals surface area contributed by atoms with E-state index in [0.29, 0.717) is 0 Å². The zero-order chi connectivity index (χ0) is 11.0. The first-order valence-electron chi connectivity index (χ1n) is 4.35. The van der Waals surface area contributed by atoms with Crippen LogP contribution in [0.4, 0.5) is 0 Å². The number of nitrogens with zero attached hydrogens (tertiary/aromatic N) is 1. The summed E-state index contributed by atoms with van der Waals surface area (Å²) in [5.41, 5.74) is 0. The molecule has 6 heteroatoms. The number of ether oxygens (including phenoxy) is 1. The second-order valence-electron chi connectivity index (χ2n) is 2.46. The number of amides is 1. The van der Waals surface area contributed by atoms with E-state index in [9.17, 15) is 9.59 Å². The van der Waals surface area contributed by atoms with Gasteiger partial charge in [0.25, 0.3) is 0 Å². The van der Waals surface area contributed by atoms with E-state index in [2.05, 4.69) is 4.74 Å². The summed E-state index contributed by atoms with van der Waals surface area (Å²) >= 11 is 0. The molecule has 0 saturated carbocycles. The molecule has 0 radical (unpaired) electrons. The highest BCUT2D eigenvalue weighted by atomic mass is 16.5. The second-order valence-corrected chi connectivity index (χ2v) is 2.46. The van der Waals surface area contributed by atoms with E-state index in [1.54, 1.807) is 6.92 Å². The molecule has 0 heterocycles. The first kappa shape index (κ1) is 12.9. The van der Waals surface area contributed by atoms with Gasteiger partial charge in [-0.2, -0.15) is 0 Å². The molecule has 0 aliphatic heterocycles. The Kier molecular flexibility index (Phi) is 6.69. The number of esters is 1. The summed E-state index contributed by atoms with van der Waals surface area (Å²) in [6, 6.07) is 0. The minimum Gasteiger partial charge on any atom is -0.459 e. The van der Waals surface area contributed by atoms with Gasteiger partial charge in [-0.1, -0.05) is 0 Å². The van der Waals surface area contributed by atoms with Crippen LogP contribution in [0.15, 0.2) is 0 Å². The van der Waals surface area contributed by atoms with Crippen LogP contribution >= 0.6 is 0 Å². The Labute approximate surface area is 82.1 Å². The fourth-order valence-corrected chi connectivity index (χ4v) is 0.878. The summed E-state index contributed by atoms with van der Waals surface area (Å²) < 4.78 is 4.48. The van der Waals surface area contributed by atoms with Gasteiger partial charge in [-0.25, -0.2) is 4.79 Å². The minimum absolute atomic E-state index is 0.0121. The van der Waals surface area contributed by atoms with Gasteiger partial charge in [-0.15, -0.1) is 0 Å². The molecule has 0 spiro atoms. The average molecular weight is 205 g/mol. The highest BCUT2D eigenvalue weighted by Gasteiger charge is 2.21. The molecule has 1 amide bonds. The molecule has 0 aromatic carbocycles. The summed E-state index contributed by atoms with van der Waals surface area (Å²) in [5, 5.41) is 17.2. The van der Waals surface area contributed by atoms with E-state index >= 15 is 0 Å². The fraction of sp³-hybridized carbons (Fsp3) is 0.750. The maximum absolute atomic E-state index is 11.2. The van der Waals surface area contributed by atoms with Gasteiger partial charge in [0.1, 0.15) is 0 Å². The number of hydrogen-bond donors (Lipinski definition) is 2. The largest absolute Gasteiger partial charge is 0.459 e. The Balaban J connectivity index is 4.19. The molecular formula is C8H15NO5. The van der Waals surface area contributed by atoms with Gasteiger partial charge >= 0.3 is 11.9 Å². The quantitative estimate of drug-likeness (QED) is 0.415. The molecular weight excluding hydrogens is 190 g/mol. The standard InChI is InChI=1S/C8H15NO5/c1-2-14-8(13)7(12)9(3-5-10)4-6-11/h10-11H,2-6H2,1H3. The van der Waals surface area contributed by atoms with Crippen LogP contribution in [0.25, 0.3) is 0 Å². The molecule has 82 valence electrons. The van der Waals surface area contributed by atoms with E-state index in [1.165, 1.54) is 0 Å². The summed E-state index contributed by atoms with van der Waals surface area (Å²) in [6.45, 7) is 1.22. The number of carbonyl (C=O) groups is 2. The van der Waals surface area contributed by atoms with Crippen LogP contribution in [0.5, 0.6) is 0 Å². The third kappa shape index (κ3) is 4.20. The Morgan fingerprint density at radius 3 is 2.07 bits per heavy atom. The topological polar surface area (TPSA) is 87.1 Å². The van der Waals surface area contributed by atoms with Crippen LogP contribution in [0, 0.1) is 0 Å². The zero-order valence-corrected chi connectivity index (χ0v) is 8.10. The number of carbonyl (C=O) groups excluding carboxylic acids is 2. The maximum atomic E-state index is 11.2. The van der Waals surface area contributed by atoms with Crippen LogP contribution < -0.4 is 0 Å². The monoisotopic (exact) mass is 205 g/mol. The Hall–Kier alpha value is -1.14. The molecule has 0 aliphatic carbocycles. The van der Waals surface area contributed by atoms with Crippen molar-refractivity contribution in [1.82, 2.24) is 4.90 Å². The lowest BCUT2D eigenvalue weighted by atomic mass is 10.4. The molecule has 0 rings (SSSR count).